The Hall–Kier alpha value is -1.62. The van der Waals surface area contributed by atoms with E-state index in [9.17, 15) is 0 Å². The Kier molecular flexibility index (Phi) is 2.40. The van der Waals surface area contributed by atoms with Gasteiger partial charge in [0.15, 0.2) is 0 Å². The number of aliphatic imine (C=N–C) groups is 1. The lowest BCUT2D eigenvalue weighted by atomic mass is 10.1. The average molecular weight is 144 g/mol. The van der Waals surface area contributed by atoms with Crippen LogP contribution in [0.2, 0.25) is 0 Å². The molecular formula is C9H8N2. The van der Waals surface area contributed by atoms with E-state index in [1.165, 1.54) is 0 Å². The summed E-state index contributed by atoms with van der Waals surface area (Å²) in [5, 5.41) is 8.54. The highest BCUT2D eigenvalue weighted by atomic mass is 14.6. The molecule has 0 saturated carbocycles. The number of nitriles is 1. The quantitative estimate of drug-likeness (QED) is 0.551. The molecule has 0 aromatic heterocycles. The number of hydrogen-bond donors (Lipinski definition) is 0. The average Bonchev–Trinajstić information content (AvgIpc) is 2.06. The molecule has 0 spiro atoms. The molecule has 0 aliphatic carbocycles. The predicted octanol–water partition coefficient (Wildman–Crippen LogP) is 1.61. The minimum absolute atomic E-state index is 0.669. The van der Waals surface area contributed by atoms with Crippen LogP contribution in [-0.2, 0) is 0 Å². The Morgan fingerprint density at radius 3 is 3.00 bits per heavy atom. The highest BCUT2D eigenvalue weighted by Gasteiger charge is 1.89. The summed E-state index contributed by atoms with van der Waals surface area (Å²) in [6, 6.07) is 9.39. The van der Waals surface area contributed by atoms with Gasteiger partial charge in [-0.05, 0) is 17.7 Å². The fourth-order valence-corrected chi connectivity index (χ4v) is 0.838. The standard InChI is InChI=1S/C9H8N2/c1-11-7-9-4-2-3-8(5-9)6-10/h2-5,7H,1H3. The lowest BCUT2D eigenvalue weighted by molar-refractivity contribution is 1.45. The molecule has 0 fully saturated rings. The molecule has 0 heterocycles. The summed E-state index contributed by atoms with van der Waals surface area (Å²) < 4.78 is 0. The van der Waals surface area contributed by atoms with Crippen molar-refractivity contribution in [2.75, 3.05) is 7.05 Å². The Morgan fingerprint density at radius 1 is 1.55 bits per heavy atom. The number of nitrogens with zero attached hydrogens (tertiary/aromatic N) is 2. The van der Waals surface area contributed by atoms with E-state index >= 15 is 0 Å². The Labute approximate surface area is 65.8 Å². The first-order valence-corrected chi connectivity index (χ1v) is 3.29. The van der Waals surface area contributed by atoms with Gasteiger partial charge in [0.2, 0.25) is 0 Å². The second-order valence-corrected chi connectivity index (χ2v) is 2.12. The van der Waals surface area contributed by atoms with Crippen LogP contribution < -0.4 is 0 Å². The first kappa shape index (κ1) is 7.49. The smallest absolute Gasteiger partial charge is 0.0991 e. The first-order valence-electron chi connectivity index (χ1n) is 3.29. The largest absolute Gasteiger partial charge is 0.296 e. The fraction of sp³-hybridized carbons (Fsp3) is 0.111. The monoisotopic (exact) mass is 144 g/mol. The maximum atomic E-state index is 8.54. The first-order chi connectivity index (χ1) is 5.36. The molecule has 0 aliphatic rings. The van der Waals surface area contributed by atoms with Gasteiger partial charge in [0.25, 0.3) is 0 Å². The predicted molar refractivity (Wildman–Crippen MR) is 44.7 cm³/mol. The third kappa shape index (κ3) is 1.91. The highest BCUT2D eigenvalue weighted by Crippen LogP contribution is 2.00. The van der Waals surface area contributed by atoms with Crippen LogP contribution in [0.3, 0.4) is 0 Å². The van der Waals surface area contributed by atoms with Crippen LogP contribution in [0.15, 0.2) is 29.3 Å². The molecule has 1 aromatic rings. The summed E-state index contributed by atoms with van der Waals surface area (Å²) >= 11 is 0. The zero-order valence-corrected chi connectivity index (χ0v) is 6.28. The Bertz CT molecular complexity index is 308. The van der Waals surface area contributed by atoms with Crippen molar-refractivity contribution in [2.45, 2.75) is 0 Å². The van der Waals surface area contributed by atoms with Gasteiger partial charge in [-0.2, -0.15) is 5.26 Å². The van der Waals surface area contributed by atoms with Crippen molar-refractivity contribution < 1.29 is 0 Å². The Balaban J connectivity index is 3.03. The summed E-state index contributed by atoms with van der Waals surface area (Å²) in [6.45, 7) is 0. The summed E-state index contributed by atoms with van der Waals surface area (Å²) in [5.41, 5.74) is 1.63. The lowest BCUT2D eigenvalue weighted by Gasteiger charge is -1.90. The van der Waals surface area contributed by atoms with Crippen LogP contribution in [0.4, 0.5) is 0 Å². The minimum atomic E-state index is 0.669. The van der Waals surface area contributed by atoms with Gasteiger partial charge in [0.05, 0.1) is 11.6 Å². The van der Waals surface area contributed by atoms with Crippen molar-refractivity contribution in [2.24, 2.45) is 4.99 Å². The van der Waals surface area contributed by atoms with Gasteiger partial charge in [-0.1, -0.05) is 12.1 Å². The molecule has 0 saturated heterocycles. The maximum absolute atomic E-state index is 8.54. The van der Waals surface area contributed by atoms with E-state index in [0.29, 0.717) is 5.56 Å². The summed E-state index contributed by atoms with van der Waals surface area (Å²) in [6.07, 6.45) is 1.72. The third-order valence-electron chi connectivity index (χ3n) is 1.29. The van der Waals surface area contributed by atoms with Crippen LogP contribution in [0, 0.1) is 11.3 Å². The van der Waals surface area contributed by atoms with Gasteiger partial charge < -0.3 is 0 Å². The topological polar surface area (TPSA) is 36.1 Å². The van der Waals surface area contributed by atoms with Gasteiger partial charge >= 0.3 is 0 Å². The highest BCUT2D eigenvalue weighted by molar-refractivity contribution is 5.79. The van der Waals surface area contributed by atoms with Crippen molar-refractivity contribution in [1.82, 2.24) is 0 Å². The SMILES string of the molecule is CN=Cc1cccc(C#N)c1. The molecule has 2 nitrogen and oxygen atoms in total. The van der Waals surface area contributed by atoms with Gasteiger partial charge in [-0.15, -0.1) is 0 Å². The molecule has 0 N–H and O–H groups in total. The van der Waals surface area contributed by atoms with E-state index < -0.39 is 0 Å². The van der Waals surface area contributed by atoms with E-state index in [4.69, 9.17) is 5.26 Å². The van der Waals surface area contributed by atoms with Crippen molar-refractivity contribution >= 4 is 6.21 Å². The molecule has 2 heteroatoms. The van der Waals surface area contributed by atoms with E-state index in [1.807, 2.05) is 12.1 Å². The number of benzene rings is 1. The zero-order valence-electron chi connectivity index (χ0n) is 6.28. The van der Waals surface area contributed by atoms with Crippen molar-refractivity contribution in [3.05, 3.63) is 35.4 Å². The second-order valence-electron chi connectivity index (χ2n) is 2.12. The summed E-state index contributed by atoms with van der Waals surface area (Å²) in [4.78, 5) is 3.85. The van der Waals surface area contributed by atoms with E-state index in [1.54, 1.807) is 25.4 Å². The molecule has 0 aliphatic heterocycles. The molecule has 0 amide bonds. The molecular weight excluding hydrogens is 136 g/mol. The molecule has 0 unspecified atom stereocenters. The summed E-state index contributed by atoms with van der Waals surface area (Å²) in [7, 11) is 1.71. The maximum Gasteiger partial charge on any atom is 0.0991 e. The van der Waals surface area contributed by atoms with Crippen molar-refractivity contribution in [3.63, 3.8) is 0 Å². The molecule has 0 bridgehead atoms. The van der Waals surface area contributed by atoms with Crippen LogP contribution in [0.1, 0.15) is 11.1 Å². The van der Waals surface area contributed by atoms with Gasteiger partial charge in [0, 0.05) is 13.3 Å². The van der Waals surface area contributed by atoms with Crippen LogP contribution in [0.5, 0.6) is 0 Å². The summed E-state index contributed by atoms with van der Waals surface area (Å²) in [5.74, 6) is 0. The fourth-order valence-electron chi connectivity index (χ4n) is 0.838. The van der Waals surface area contributed by atoms with E-state index in [-0.39, 0.29) is 0 Å². The molecule has 0 atom stereocenters. The number of hydrogen-bond acceptors (Lipinski definition) is 2. The lowest BCUT2D eigenvalue weighted by Crippen LogP contribution is -1.81. The van der Waals surface area contributed by atoms with Crippen LogP contribution in [0.25, 0.3) is 0 Å². The molecule has 11 heavy (non-hydrogen) atoms. The molecule has 54 valence electrons. The normalized spacial score (nSPS) is 9.82. The molecule has 0 radical (unpaired) electrons. The van der Waals surface area contributed by atoms with Gasteiger partial charge in [0.1, 0.15) is 0 Å². The van der Waals surface area contributed by atoms with Gasteiger partial charge in [-0.3, -0.25) is 4.99 Å². The zero-order chi connectivity index (χ0) is 8.10. The Morgan fingerprint density at radius 2 is 2.36 bits per heavy atom. The van der Waals surface area contributed by atoms with Crippen molar-refractivity contribution in [3.8, 4) is 6.07 Å². The number of rotatable bonds is 1. The van der Waals surface area contributed by atoms with Crippen molar-refractivity contribution in [1.29, 1.82) is 5.26 Å². The minimum Gasteiger partial charge on any atom is -0.296 e. The second kappa shape index (κ2) is 3.52. The van der Waals surface area contributed by atoms with Crippen LogP contribution >= 0.6 is 0 Å². The van der Waals surface area contributed by atoms with Crippen LogP contribution in [-0.4, -0.2) is 13.3 Å². The molecule has 1 aromatic carbocycles. The van der Waals surface area contributed by atoms with E-state index in [0.717, 1.165) is 5.56 Å². The van der Waals surface area contributed by atoms with Gasteiger partial charge in [-0.25, -0.2) is 0 Å². The third-order valence-corrected chi connectivity index (χ3v) is 1.29. The molecule has 1 rings (SSSR count). The van der Waals surface area contributed by atoms with E-state index in [2.05, 4.69) is 11.1 Å².